The summed E-state index contributed by atoms with van der Waals surface area (Å²) in [6.07, 6.45) is -2.19. The minimum atomic E-state index is -4.66. The Hall–Kier alpha value is -3.21. The molecular weight excluding hydrogens is 453 g/mol. The first-order valence-corrected chi connectivity index (χ1v) is 11.3. The third-order valence-electron chi connectivity index (χ3n) is 5.46. The number of fused-ring (bicyclic) bond motifs is 1. The Morgan fingerprint density at radius 2 is 1.97 bits per heavy atom. The lowest BCUT2D eigenvalue weighted by Crippen LogP contribution is -2.27. The molecule has 0 bridgehead atoms. The molecule has 4 heterocycles. The van der Waals surface area contributed by atoms with Crippen LogP contribution in [0.2, 0.25) is 0 Å². The lowest BCUT2D eigenvalue weighted by molar-refractivity contribution is -0.142. The first-order valence-electron chi connectivity index (χ1n) is 10.5. The number of amides is 1. The van der Waals surface area contributed by atoms with E-state index in [4.69, 9.17) is 0 Å². The molecule has 174 valence electrons. The maximum Gasteiger partial charge on any atom is 0.433 e. The molecule has 0 aliphatic carbocycles. The van der Waals surface area contributed by atoms with Crippen molar-refractivity contribution in [2.24, 2.45) is 0 Å². The zero-order chi connectivity index (χ0) is 23.9. The standard InChI is InChI=1S/C22H23F3N6OS/c1-5-15-7-8-18(33-15)16-9-19(22(23,24)25)31-20(27-16)10-17(28-31)21(32)29(4)12-14-11-26-30(6-2)13(14)3/h7-11H,5-6,12H2,1-4H3. The van der Waals surface area contributed by atoms with Crippen LogP contribution in [-0.2, 0) is 25.7 Å². The molecule has 0 aliphatic heterocycles. The smallest absolute Gasteiger partial charge is 0.336 e. The molecule has 0 unspecified atom stereocenters. The Morgan fingerprint density at radius 3 is 2.58 bits per heavy atom. The molecule has 0 N–H and O–H groups in total. The number of thiophene rings is 1. The van der Waals surface area contributed by atoms with Gasteiger partial charge in [-0.15, -0.1) is 11.3 Å². The monoisotopic (exact) mass is 476 g/mol. The average molecular weight is 477 g/mol. The van der Waals surface area contributed by atoms with E-state index in [9.17, 15) is 18.0 Å². The molecule has 11 heteroatoms. The molecule has 33 heavy (non-hydrogen) atoms. The fourth-order valence-corrected chi connectivity index (χ4v) is 4.50. The van der Waals surface area contributed by atoms with Gasteiger partial charge in [-0.1, -0.05) is 6.92 Å². The quantitative estimate of drug-likeness (QED) is 0.400. The molecule has 4 aromatic rings. The van der Waals surface area contributed by atoms with Gasteiger partial charge in [0.05, 0.1) is 16.8 Å². The van der Waals surface area contributed by atoms with Crippen molar-refractivity contribution in [2.45, 2.75) is 46.5 Å². The van der Waals surface area contributed by atoms with E-state index in [-0.39, 0.29) is 23.6 Å². The zero-order valence-electron chi connectivity index (χ0n) is 18.6. The van der Waals surface area contributed by atoms with Gasteiger partial charge in [0.25, 0.3) is 5.91 Å². The molecule has 0 spiro atoms. The minimum Gasteiger partial charge on any atom is -0.336 e. The van der Waals surface area contributed by atoms with Crippen LogP contribution in [0, 0.1) is 6.92 Å². The van der Waals surface area contributed by atoms with E-state index in [1.165, 1.54) is 22.3 Å². The van der Waals surface area contributed by atoms with Gasteiger partial charge in [0.1, 0.15) is 0 Å². The SMILES string of the molecule is CCc1ccc(-c2cc(C(F)(F)F)n3nc(C(=O)N(C)Cc4cnn(CC)c4C)cc3n2)s1. The molecule has 7 nitrogen and oxygen atoms in total. The summed E-state index contributed by atoms with van der Waals surface area (Å²) in [6, 6.07) is 5.92. The first-order chi connectivity index (χ1) is 15.6. The van der Waals surface area contributed by atoms with E-state index >= 15 is 0 Å². The van der Waals surface area contributed by atoms with E-state index in [1.807, 2.05) is 31.5 Å². The second-order valence-corrected chi connectivity index (χ2v) is 8.84. The lowest BCUT2D eigenvalue weighted by Gasteiger charge is -2.15. The molecule has 1 amide bonds. The second kappa shape index (κ2) is 8.62. The van der Waals surface area contributed by atoms with Crippen LogP contribution in [0.1, 0.15) is 46.2 Å². The fourth-order valence-electron chi connectivity index (χ4n) is 3.59. The number of carbonyl (C=O) groups is 1. The van der Waals surface area contributed by atoms with Crippen molar-refractivity contribution in [3.63, 3.8) is 0 Å². The van der Waals surface area contributed by atoms with Crippen LogP contribution in [0.4, 0.5) is 13.2 Å². The van der Waals surface area contributed by atoms with E-state index in [0.717, 1.165) is 28.6 Å². The van der Waals surface area contributed by atoms with E-state index in [2.05, 4.69) is 15.2 Å². The minimum absolute atomic E-state index is 0.0296. The largest absolute Gasteiger partial charge is 0.433 e. The number of alkyl halides is 3. The Morgan fingerprint density at radius 1 is 1.21 bits per heavy atom. The molecule has 0 fully saturated rings. The number of aryl methyl sites for hydroxylation is 2. The van der Waals surface area contributed by atoms with Gasteiger partial charge in [0.2, 0.25) is 0 Å². The third-order valence-corrected chi connectivity index (χ3v) is 6.71. The summed E-state index contributed by atoms with van der Waals surface area (Å²) in [5, 5.41) is 8.23. The normalized spacial score (nSPS) is 12.0. The van der Waals surface area contributed by atoms with Crippen molar-refractivity contribution in [1.29, 1.82) is 0 Å². The summed E-state index contributed by atoms with van der Waals surface area (Å²) < 4.78 is 44.0. The number of aromatic nitrogens is 5. The zero-order valence-corrected chi connectivity index (χ0v) is 19.5. The highest BCUT2D eigenvalue weighted by Gasteiger charge is 2.36. The lowest BCUT2D eigenvalue weighted by atomic mass is 10.2. The average Bonchev–Trinajstić information content (AvgIpc) is 3.50. The van der Waals surface area contributed by atoms with E-state index in [1.54, 1.807) is 19.3 Å². The van der Waals surface area contributed by atoms with E-state index in [0.29, 0.717) is 15.9 Å². The second-order valence-electron chi connectivity index (χ2n) is 7.68. The fraction of sp³-hybridized carbons (Fsp3) is 0.364. The Balaban J connectivity index is 1.71. The highest BCUT2D eigenvalue weighted by atomic mass is 32.1. The van der Waals surface area contributed by atoms with Crippen LogP contribution in [-0.4, -0.2) is 42.2 Å². The van der Waals surface area contributed by atoms with Gasteiger partial charge in [0.15, 0.2) is 17.0 Å². The summed E-state index contributed by atoms with van der Waals surface area (Å²) in [5.74, 6) is -0.497. The summed E-state index contributed by atoms with van der Waals surface area (Å²) >= 11 is 1.40. The van der Waals surface area contributed by atoms with Crippen molar-refractivity contribution in [1.82, 2.24) is 29.3 Å². The highest BCUT2D eigenvalue weighted by molar-refractivity contribution is 7.15. The van der Waals surface area contributed by atoms with Crippen LogP contribution in [0.25, 0.3) is 16.2 Å². The van der Waals surface area contributed by atoms with Crippen LogP contribution in [0.3, 0.4) is 0 Å². The number of hydrogen-bond acceptors (Lipinski definition) is 5. The number of rotatable bonds is 6. The van der Waals surface area contributed by atoms with Crippen molar-refractivity contribution in [3.8, 4) is 10.6 Å². The summed E-state index contributed by atoms with van der Waals surface area (Å²) in [5.41, 5.74) is 0.884. The maximum absolute atomic E-state index is 13.8. The van der Waals surface area contributed by atoms with Crippen LogP contribution in [0.15, 0.2) is 30.5 Å². The molecule has 0 saturated heterocycles. The molecule has 4 rings (SSSR count). The van der Waals surface area contributed by atoms with Crippen molar-refractivity contribution in [2.75, 3.05) is 7.05 Å². The number of halogens is 3. The van der Waals surface area contributed by atoms with Gasteiger partial charge in [-0.2, -0.15) is 23.4 Å². The van der Waals surface area contributed by atoms with E-state index < -0.39 is 17.8 Å². The van der Waals surface area contributed by atoms with Crippen molar-refractivity contribution in [3.05, 3.63) is 58.0 Å². The molecule has 4 aromatic heterocycles. The first kappa shape index (κ1) is 23.0. The van der Waals surface area contributed by atoms with Gasteiger partial charge in [-0.05, 0) is 38.5 Å². The van der Waals surface area contributed by atoms with Gasteiger partial charge < -0.3 is 4.90 Å². The molecule has 0 radical (unpaired) electrons. The molecule has 0 atom stereocenters. The third kappa shape index (κ3) is 4.37. The topological polar surface area (TPSA) is 68.3 Å². The van der Waals surface area contributed by atoms with Crippen LogP contribution >= 0.6 is 11.3 Å². The molecule has 0 aliphatic rings. The summed E-state index contributed by atoms with van der Waals surface area (Å²) in [6.45, 7) is 6.82. The predicted octanol–water partition coefficient (Wildman–Crippen LogP) is 4.84. The summed E-state index contributed by atoms with van der Waals surface area (Å²) in [7, 11) is 1.58. The Bertz CT molecular complexity index is 1320. The van der Waals surface area contributed by atoms with Gasteiger partial charge >= 0.3 is 6.18 Å². The van der Waals surface area contributed by atoms with Crippen LogP contribution in [0.5, 0.6) is 0 Å². The maximum atomic E-state index is 13.8. The number of hydrogen-bond donors (Lipinski definition) is 0. The molecular formula is C22H23F3N6OS. The predicted molar refractivity (Wildman–Crippen MR) is 119 cm³/mol. The highest BCUT2D eigenvalue weighted by Crippen LogP contribution is 2.34. The van der Waals surface area contributed by atoms with Gasteiger partial charge in [0, 0.05) is 42.3 Å². The van der Waals surface area contributed by atoms with Crippen LogP contribution < -0.4 is 0 Å². The van der Waals surface area contributed by atoms with Gasteiger partial charge in [-0.25, -0.2) is 9.50 Å². The molecule has 0 aromatic carbocycles. The Labute approximate surface area is 192 Å². The van der Waals surface area contributed by atoms with Crippen molar-refractivity contribution < 1.29 is 18.0 Å². The molecule has 0 saturated carbocycles. The number of nitrogens with zero attached hydrogens (tertiary/aromatic N) is 6. The Kier molecular flexibility index (Phi) is 6.00. The summed E-state index contributed by atoms with van der Waals surface area (Å²) in [4.78, 5) is 20.4. The van der Waals surface area contributed by atoms with Crippen molar-refractivity contribution >= 4 is 22.9 Å². The van der Waals surface area contributed by atoms with Gasteiger partial charge in [-0.3, -0.25) is 9.48 Å². The number of carbonyl (C=O) groups excluding carboxylic acids is 1.